The minimum atomic E-state index is -0.533. The van der Waals surface area contributed by atoms with Crippen molar-refractivity contribution < 1.29 is 19.0 Å². The summed E-state index contributed by atoms with van der Waals surface area (Å²) in [4.78, 5) is 11.2. The van der Waals surface area contributed by atoms with Crippen LogP contribution in [0.2, 0.25) is 0 Å². The molecule has 0 radical (unpaired) electrons. The molecule has 0 aliphatic heterocycles. The van der Waals surface area contributed by atoms with Crippen molar-refractivity contribution >= 4 is 17.3 Å². The van der Waals surface area contributed by atoms with Crippen LogP contribution in [0.25, 0.3) is 0 Å². The first kappa shape index (κ1) is 12.4. The van der Waals surface area contributed by atoms with E-state index in [2.05, 4.69) is 5.32 Å². The Morgan fingerprint density at radius 1 is 1.56 bits per heavy atom. The number of benzene rings is 1. The molecule has 16 heavy (non-hydrogen) atoms. The highest BCUT2D eigenvalue weighted by atomic mass is 19.1. The molecule has 1 aromatic rings. The van der Waals surface area contributed by atoms with Crippen molar-refractivity contribution in [2.24, 2.45) is 0 Å². The molecule has 0 spiro atoms. The molecule has 0 aromatic heterocycles. The van der Waals surface area contributed by atoms with E-state index in [1.165, 1.54) is 18.2 Å². The van der Waals surface area contributed by atoms with Crippen LogP contribution >= 0.6 is 0 Å². The molecule has 4 N–H and O–H groups in total. The smallest absolute Gasteiger partial charge is 0.250 e. The average Bonchev–Trinajstić information content (AvgIpc) is 2.24. The number of nitrogen functional groups attached to an aromatic ring is 1. The average molecular weight is 228 g/mol. The molecule has 0 bridgehead atoms. The maximum Gasteiger partial charge on any atom is 0.250 e. The first-order valence-corrected chi connectivity index (χ1v) is 4.67. The van der Waals surface area contributed by atoms with Gasteiger partial charge in [0.1, 0.15) is 12.4 Å². The Morgan fingerprint density at radius 3 is 2.94 bits per heavy atom. The van der Waals surface area contributed by atoms with Crippen LogP contribution < -0.4 is 11.1 Å². The van der Waals surface area contributed by atoms with Gasteiger partial charge in [0.15, 0.2) is 0 Å². The highest BCUT2D eigenvalue weighted by molar-refractivity contribution is 5.92. The monoisotopic (exact) mass is 228 g/mol. The van der Waals surface area contributed by atoms with Crippen molar-refractivity contribution in [2.75, 3.05) is 30.9 Å². The maximum atomic E-state index is 12.8. The number of nitrogens with one attached hydrogen (secondary N) is 1. The molecular formula is C10H13FN2O3. The van der Waals surface area contributed by atoms with Gasteiger partial charge in [-0.2, -0.15) is 0 Å². The number of amides is 1. The Hall–Kier alpha value is -1.66. The zero-order chi connectivity index (χ0) is 12.0. The van der Waals surface area contributed by atoms with E-state index in [9.17, 15) is 9.18 Å². The molecule has 5 nitrogen and oxygen atoms in total. The Labute approximate surface area is 92.0 Å². The summed E-state index contributed by atoms with van der Waals surface area (Å²) in [6, 6.07) is 3.88. The van der Waals surface area contributed by atoms with Crippen molar-refractivity contribution in [3.05, 3.63) is 24.0 Å². The quantitative estimate of drug-likeness (QED) is 0.501. The second-order valence-electron chi connectivity index (χ2n) is 3.06. The van der Waals surface area contributed by atoms with Gasteiger partial charge in [0.25, 0.3) is 0 Å². The van der Waals surface area contributed by atoms with Crippen molar-refractivity contribution in [3.8, 4) is 0 Å². The molecule has 0 aliphatic rings. The van der Waals surface area contributed by atoms with Gasteiger partial charge in [-0.1, -0.05) is 0 Å². The Balaban J connectivity index is 2.46. The van der Waals surface area contributed by atoms with Gasteiger partial charge in [0, 0.05) is 5.69 Å². The van der Waals surface area contributed by atoms with Gasteiger partial charge in [-0.15, -0.1) is 0 Å². The predicted octanol–water partition coefficient (Wildman–Crippen LogP) is 0.355. The van der Waals surface area contributed by atoms with Gasteiger partial charge >= 0.3 is 0 Å². The third kappa shape index (κ3) is 3.84. The lowest BCUT2D eigenvalue weighted by atomic mass is 10.2. The zero-order valence-electron chi connectivity index (χ0n) is 8.57. The Morgan fingerprint density at radius 2 is 2.31 bits per heavy atom. The number of halogens is 1. The molecule has 0 heterocycles. The molecule has 1 aromatic carbocycles. The molecule has 1 amide bonds. The van der Waals surface area contributed by atoms with Crippen molar-refractivity contribution in [2.45, 2.75) is 0 Å². The topological polar surface area (TPSA) is 84.6 Å². The number of nitrogens with two attached hydrogens (primary N) is 1. The SMILES string of the molecule is Nc1cc(NC(=O)COCCO)ccc1F. The number of hydrogen-bond acceptors (Lipinski definition) is 4. The molecule has 0 aliphatic carbocycles. The van der Waals surface area contributed by atoms with Gasteiger partial charge < -0.3 is 20.9 Å². The summed E-state index contributed by atoms with van der Waals surface area (Å²) in [7, 11) is 0. The molecule has 1 rings (SSSR count). The van der Waals surface area contributed by atoms with Gasteiger partial charge in [-0.05, 0) is 18.2 Å². The molecule has 0 saturated heterocycles. The van der Waals surface area contributed by atoms with Crippen LogP contribution in [-0.2, 0) is 9.53 Å². The Bertz CT molecular complexity index is 371. The summed E-state index contributed by atoms with van der Waals surface area (Å²) in [5, 5.41) is 10.9. The van der Waals surface area contributed by atoms with Gasteiger partial charge in [0.2, 0.25) is 5.91 Å². The normalized spacial score (nSPS) is 10.1. The molecular weight excluding hydrogens is 215 g/mol. The fraction of sp³-hybridized carbons (Fsp3) is 0.300. The predicted molar refractivity (Wildman–Crippen MR) is 57.3 cm³/mol. The van der Waals surface area contributed by atoms with Crippen molar-refractivity contribution in [1.82, 2.24) is 0 Å². The third-order valence-corrected chi connectivity index (χ3v) is 1.75. The van der Waals surface area contributed by atoms with Crippen molar-refractivity contribution in [3.63, 3.8) is 0 Å². The van der Waals surface area contributed by atoms with Crippen LogP contribution in [0.5, 0.6) is 0 Å². The molecule has 0 atom stereocenters. The lowest BCUT2D eigenvalue weighted by molar-refractivity contribution is -0.120. The van der Waals surface area contributed by atoms with Gasteiger partial charge in [-0.3, -0.25) is 4.79 Å². The lowest BCUT2D eigenvalue weighted by Gasteiger charge is -2.06. The van der Waals surface area contributed by atoms with Crippen LogP contribution in [0.4, 0.5) is 15.8 Å². The zero-order valence-corrected chi connectivity index (χ0v) is 8.57. The minimum Gasteiger partial charge on any atom is -0.396 e. The highest BCUT2D eigenvalue weighted by Crippen LogP contribution is 2.15. The summed E-state index contributed by atoms with van der Waals surface area (Å²) in [6.07, 6.45) is 0. The van der Waals surface area contributed by atoms with Crippen molar-refractivity contribution in [1.29, 1.82) is 0 Å². The van der Waals surface area contributed by atoms with Gasteiger partial charge in [-0.25, -0.2) is 4.39 Å². The minimum absolute atomic E-state index is 0.0333. The molecule has 0 unspecified atom stereocenters. The van der Waals surface area contributed by atoms with E-state index >= 15 is 0 Å². The lowest BCUT2D eigenvalue weighted by Crippen LogP contribution is -2.19. The van der Waals surface area contributed by atoms with Gasteiger partial charge in [0.05, 0.1) is 18.9 Å². The first-order chi connectivity index (χ1) is 7.63. The number of anilines is 2. The van der Waals surface area contributed by atoms with Crippen LogP contribution in [0, 0.1) is 5.82 Å². The summed E-state index contributed by atoms with van der Waals surface area (Å²) >= 11 is 0. The largest absolute Gasteiger partial charge is 0.396 e. The number of hydrogen-bond donors (Lipinski definition) is 3. The van der Waals surface area contributed by atoms with Crippen LogP contribution in [0.3, 0.4) is 0 Å². The van der Waals surface area contributed by atoms with E-state index < -0.39 is 5.82 Å². The molecule has 0 saturated carbocycles. The summed E-state index contributed by atoms with van der Waals surface area (Å²) in [5.41, 5.74) is 5.69. The molecule has 6 heteroatoms. The second-order valence-corrected chi connectivity index (χ2v) is 3.06. The standard InChI is InChI=1S/C10H13FN2O3/c11-8-2-1-7(5-9(8)12)13-10(15)6-16-4-3-14/h1-2,5,14H,3-4,6,12H2,(H,13,15). The fourth-order valence-electron chi connectivity index (χ4n) is 1.05. The molecule has 0 fully saturated rings. The van der Waals surface area contributed by atoms with Crippen LogP contribution in [0.15, 0.2) is 18.2 Å². The first-order valence-electron chi connectivity index (χ1n) is 4.67. The third-order valence-electron chi connectivity index (χ3n) is 1.75. The fourth-order valence-corrected chi connectivity index (χ4v) is 1.05. The van der Waals surface area contributed by atoms with E-state index in [1.54, 1.807) is 0 Å². The summed E-state index contributed by atoms with van der Waals surface area (Å²) < 4.78 is 17.6. The number of rotatable bonds is 5. The van der Waals surface area contributed by atoms with Crippen LogP contribution in [0.1, 0.15) is 0 Å². The number of carbonyl (C=O) groups excluding carboxylic acids is 1. The van der Waals surface area contributed by atoms with Crippen LogP contribution in [-0.4, -0.2) is 30.8 Å². The molecule has 88 valence electrons. The Kier molecular flexibility index (Phi) is 4.68. The van der Waals surface area contributed by atoms with E-state index in [0.29, 0.717) is 5.69 Å². The number of aliphatic hydroxyl groups excluding tert-OH is 1. The summed E-state index contributed by atoms with van der Waals surface area (Å²) in [6.45, 7) is -0.215. The second kappa shape index (κ2) is 6.04. The van der Waals surface area contributed by atoms with E-state index in [0.717, 1.165) is 0 Å². The van der Waals surface area contributed by atoms with E-state index in [-0.39, 0.29) is 31.4 Å². The highest BCUT2D eigenvalue weighted by Gasteiger charge is 2.04. The number of ether oxygens (including phenoxy) is 1. The number of aliphatic hydroxyl groups is 1. The maximum absolute atomic E-state index is 12.8. The van der Waals surface area contributed by atoms with E-state index in [4.69, 9.17) is 15.6 Å². The van der Waals surface area contributed by atoms with E-state index in [1.807, 2.05) is 0 Å². The summed E-state index contributed by atoms with van der Waals surface area (Å²) in [5.74, 6) is -0.922. The number of carbonyl (C=O) groups is 1.